The van der Waals surface area contributed by atoms with Crippen LogP contribution in [0.15, 0.2) is 115 Å². The van der Waals surface area contributed by atoms with Crippen LogP contribution in [-0.4, -0.2) is 0 Å². The lowest BCUT2D eigenvalue weighted by Gasteiger charge is -2.30. The van der Waals surface area contributed by atoms with Crippen LogP contribution in [0.4, 0.5) is 0 Å². The van der Waals surface area contributed by atoms with Gasteiger partial charge in [0.05, 0.1) is 5.41 Å². The molecule has 0 aliphatic heterocycles. The molecule has 0 amide bonds. The van der Waals surface area contributed by atoms with Gasteiger partial charge in [0.2, 0.25) is 0 Å². The van der Waals surface area contributed by atoms with E-state index in [1.54, 1.807) is 0 Å². The summed E-state index contributed by atoms with van der Waals surface area (Å²) >= 11 is 1.94. The van der Waals surface area contributed by atoms with E-state index in [0.29, 0.717) is 0 Å². The fourth-order valence-corrected chi connectivity index (χ4v) is 8.17. The molecule has 2 aliphatic rings. The Morgan fingerprint density at radius 2 is 1.22 bits per heavy atom. The fraction of sp³-hybridized carbons (Fsp3) is 0.0857. The Labute approximate surface area is 220 Å². The number of fused-ring (bicyclic) bond motifs is 12. The molecule has 1 nitrogen and oxygen atoms in total. The Morgan fingerprint density at radius 3 is 1.92 bits per heavy atom. The zero-order valence-electron chi connectivity index (χ0n) is 20.5. The first-order valence-corrected chi connectivity index (χ1v) is 13.7. The second-order valence-electron chi connectivity index (χ2n) is 10.3. The lowest BCUT2D eigenvalue weighted by molar-refractivity contribution is 0.803. The van der Waals surface area contributed by atoms with Crippen molar-refractivity contribution in [2.24, 2.45) is 5.73 Å². The van der Waals surface area contributed by atoms with Gasteiger partial charge in [0.15, 0.2) is 0 Å². The maximum absolute atomic E-state index is 6.17. The zero-order valence-corrected chi connectivity index (χ0v) is 21.3. The van der Waals surface area contributed by atoms with Crippen LogP contribution >= 0.6 is 11.3 Å². The largest absolute Gasteiger partial charge is 0.324 e. The molecule has 6 aromatic rings. The maximum Gasteiger partial charge on any atom is 0.0740 e. The summed E-state index contributed by atoms with van der Waals surface area (Å²) in [6, 6.07) is 42.8. The molecule has 176 valence electrons. The summed E-state index contributed by atoms with van der Waals surface area (Å²) < 4.78 is 1.35. The second kappa shape index (κ2) is 7.52. The smallest absolute Gasteiger partial charge is 0.0740 e. The Morgan fingerprint density at radius 1 is 0.622 bits per heavy atom. The molecule has 0 saturated carbocycles. The Hall–Kier alpha value is -3.98. The minimum Gasteiger partial charge on any atom is -0.324 e. The van der Waals surface area contributed by atoms with Gasteiger partial charge in [-0.2, -0.15) is 0 Å². The molecule has 0 radical (unpaired) electrons. The van der Waals surface area contributed by atoms with E-state index in [-0.39, 0.29) is 11.5 Å². The van der Waals surface area contributed by atoms with Gasteiger partial charge in [0.1, 0.15) is 0 Å². The molecular formula is C35H25NS. The van der Waals surface area contributed by atoms with Crippen LogP contribution in [-0.2, 0) is 5.41 Å². The molecule has 2 aliphatic carbocycles. The van der Waals surface area contributed by atoms with Crippen LogP contribution in [0.25, 0.3) is 42.8 Å². The third kappa shape index (κ3) is 2.62. The van der Waals surface area contributed by atoms with Crippen molar-refractivity contribution in [1.82, 2.24) is 0 Å². The van der Waals surface area contributed by atoms with Crippen molar-refractivity contribution in [3.05, 3.63) is 143 Å². The predicted octanol–water partition coefficient (Wildman–Crippen LogP) is 8.93. The molecule has 0 bridgehead atoms. The molecule has 37 heavy (non-hydrogen) atoms. The van der Waals surface area contributed by atoms with E-state index in [2.05, 4.69) is 115 Å². The quantitative estimate of drug-likeness (QED) is 0.257. The minimum atomic E-state index is -0.320. The molecule has 1 spiro atoms. The summed E-state index contributed by atoms with van der Waals surface area (Å²) in [4.78, 5) is 1.40. The van der Waals surface area contributed by atoms with E-state index in [1.165, 1.54) is 65.0 Å². The molecule has 1 unspecified atom stereocenters. The second-order valence-corrected chi connectivity index (χ2v) is 11.3. The van der Waals surface area contributed by atoms with Crippen molar-refractivity contribution in [3.8, 4) is 32.7 Å². The molecule has 0 fully saturated rings. The predicted molar refractivity (Wildman–Crippen MR) is 156 cm³/mol. The highest BCUT2D eigenvalue weighted by atomic mass is 32.1. The van der Waals surface area contributed by atoms with Gasteiger partial charge in [-0.25, -0.2) is 0 Å². The Bertz CT molecular complexity index is 1810. The molecule has 1 heterocycles. The van der Waals surface area contributed by atoms with E-state index < -0.39 is 0 Å². The van der Waals surface area contributed by atoms with Crippen LogP contribution in [0.2, 0.25) is 0 Å². The lowest BCUT2D eigenvalue weighted by atomic mass is 9.70. The van der Waals surface area contributed by atoms with Gasteiger partial charge in [-0.1, -0.05) is 109 Å². The third-order valence-electron chi connectivity index (χ3n) is 8.37. The molecule has 2 heteroatoms. The summed E-state index contributed by atoms with van der Waals surface area (Å²) in [5.74, 6) is 0. The minimum absolute atomic E-state index is 0.0273. The van der Waals surface area contributed by atoms with Crippen molar-refractivity contribution in [2.75, 3.05) is 0 Å². The van der Waals surface area contributed by atoms with Gasteiger partial charge >= 0.3 is 0 Å². The number of nitrogens with two attached hydrogens (primary N) is 1. The highest BCUT2D eigenvalue weighted by Gasteiger charge is 2.53. The first-order valence-electron chi connectivity index (χ1n) is 12.9. The van der Waals surface area contributed by atoms with Crippen molar-refractivity contribution in [3.63, 3.8) is 0 Å². The van der Waals surface area contributed by atoms with E-state index in [0.717, 1.165) is 5.56 Å². The molecule has 1 atom stereocenters. The Balaban J connectivity index is 1.54. The van der Waals surface area contributed by atoms with Crippen LogP contribution < -0.4 is 5.73 Å². The fourth-order valence-electron chi connectivity index (χ4n) is 6.84. The van der Waals surface area contributed by atoms with Gasteiger partial charge < -0.3 is 5.73 Å². The monoisotopic (exact) mass is 491 g/mol. The highest BCUT2D eigenvalue weighted by Crippen LogP contribution is 2.67. The van der Waals surface area contributed by atoms with Gasteiger partial charge in [-0.15, -0.1) is 11.3 Å². The first kappa shape index (κ1) is 21.1. The van der Waals surface area contributed by atoms with Gasteiger partial charge in [0.25, 0.3) is 0 Å². The van der Waals surface area contributed by atoms with E-state index in [4.69, 9.17) is 5.73 Å². The standard InChI is InChI=1S/C35H25NS/c1-21(36)22-17-19-23(20-18-22)24-12-8-15-30-32(24)34-33(27-11-4-7-16-31(27)37-34)35(30)28-13-5-2-9-25(28)26-10-3-6-14-29(26)35/h2-21H,36H2,1H3. The summed E-state index contributed by atoms with van der Waals surface area (Å²) in [5.41, 5.74) is 19.2. The number of hydrogen-bond donors (Lipinski definition) is 1. The Kier molecular flexibility index (Phi) is 4.29. The molecule has 8 rings (SSSR count). The summed E-state index contributed by atoms with van der Waals surface area (Å²) in [5, 5.41) is 1.36. The van der Waals surface area contributed by atoms with E-state index >= 15 is 0 Å². The van der Waals surface area contributed by atoms with Gasteiger partial charge in [-0.05, 0) is 68.4 Å². The average molecular weight is 492 g/mol. The number of hydrogen-bond acceptors (Lipinski definition) is 2. The first-order chi connectivity index (χ1) is 18.2. The normalized spacial score (nSPS) is 14.9. The van der Waals surface area contributed by atoms with Crippen molar-refractivity contribution < 1.29 is 0 Å². The molecule has 2 N–H and O–H groups in total. The van der Waals surface area contributed by atoms with Crippen LogP contribution in [0.3, 0.4) is 0 Å². The molecular weight excluding hydrogens is 466 g/mol. The molecule has 1 aromatic heterocycles. The lowest BCUT2D eigenvalue weighted by Crippen LogP contribution is -2.25. The third-order valence-corrected chi connectivity index (χ3v) is 9.55. The van der Waals surface area contributed by atoms with Crippen molar-refractivity contribution >= 4 is 21.4 Å². The highest BCUT2D eigenvalue weighted by molar-refractivity contribution is 7.22. The summed E-state index contributed by atoms with van der Waals surface area (Å²) in [6.07, 6.45) is 0. The number of thiophene rings is 1. The topological polar surface area (TPSA) is 26.0 Å². The average Bonchev–Trinajstić information content (AvgIpc) is 3.56. The van der Waals surface area contributed by atoms with Crippen molar-refractivity contribution in [1.29, 1.82) is 0 Å². The van der Waals surface area contributed by atoms with E-state index in [9.17, 15) is 0 Å². The van der Waals surface area contributed by atoms with Crippen LogP contribution in [0.1, 0.15) is 40.8 Å². The number of benzene rings is 5. The zero-order chi connectivity index (χ0) is 24.7. The number of rotatable bonds is 2. The maximum atomic E-state index is 6.17. The summed E-state index contributed by atoms with van der Waals surface area (Å²) in [7, 11) is 0. The van der Waals surface area contributed by atoms with Crippen molar-refractivity contribution in [2.45, 2.75) is 18.4 Å². The van der Waals surface area contributed by atoms with Gasteiger partial charge in [-0.3, -0.25) is 0 Å². The van der Waals surface area contributed by atoms with E-state index in [1.807, 2.05) is 18.3 Å². The SMILES string of the molecule is CC(N)c1ccc(-c2cccc3c2-c2sc4ccccc4c2C32c3ccccc3-c3ccccc32)cc1. The van der Waals surface area contributed by atoms with Crippen LogP contribution in [0, 0.1) is 0 Å². The molecule has 0 saturated heterocycles. The summed E-state index contributed by atoms with van der Waals surface area (Å²) in [6.45, 7) is 2.04. The van der Waals surface area contributed by atoms with Gasteiger partial charge in [0, 0.05) is 21.2 Å². The van der Waals surface area contributed by atoms with Crippen LogP contribution in [0.5, 0.6) is 0 Å². The molecule has 5 aromatic carbocycles.